The Morgan fingerprint density at radius 1 is 1.12 bits per heavy atom. The molecule has 2 N–H and O–H groups in total. The van der Waals surface area contributed by atoms with Gasteiger partial charge < -0.3 is 14.8 Å². The number of carbonyl (C=O) groups is 2. The Bertz CT molecular complexity index is 764. The highest BCUT2D eigenvalue weighted by molar-refractivity contribution is 6.05. The van der Waals surface area contributed by atoms with Gasteiger partial charge in [0.2, 0.25) is 11.7 Å². The van der Waals surface area contributed by atoms with Crippen LogP contribution in [-0.2, 0) is 9.59 Å². The van der Waals surface area contributed by atoms with Gasteiger partial charge in [-0.05, 0) is 12.1 Å². The minimum Gasteiger partial charge on any atom is -0.497 e. The third kappa shape index (κ3) is 4.72. The van der Waals surface area contributed by atoms with Crippen LogP contribution in [0.25, 0.3) is 11.3 Å². The van der Waals surface area contributed by atoms with Gasteiger partial charge in [-0.25, -0.2) is 0 Å². The van der Waals surface area contributed by atoms with Crippen molar-refractivity contribution in [1.82, 2.24) is 10.2 Å². The van der Waals surface area contributed by atoms with E-state index in [-0.39, 0.29) is 5.82 Å². The van der Waals surface area contributed by atoms with Crippen LogP contribution in [0.3, 0.4) is 0 Å². The van der Waals surface area contributed by atoms with Gasteiger partial charge in [-0.3, -0.25) is 14.7 Å². The van der Waals surface area contributed by atoms with Crippen molar-refractivity contribution >= 4 is 17.5 Å². The highest BCUT2D eigenvalue weighted by Crippen LogP contribution is 2.29. The van der Waals surface area contributed by atoms with E-state index in [1.54, 1.807) is 18.2 Å². The Morgan fingerprint density at radius 3 is 2.24 bits per heavy atom. The molecule has 0 saturated carbocycles. The van der Waals surface area contributed by atoms with Crippen LogP contribution < -0.4 is 14.8 Å². The zero-order chi connectivity index (χ0) is 18.6. The standard InChI is InChI=1S/C15H14F3N3O4/c1-24-9-3-8(4-10(5-9)25-2)11-6-13(21-20-11)19-14(23)7-12(22)15(16,17)18/h3-6H,7H2,1-2H3,(H2,19,20,21,23). The SMILES string of the molecule is COc1cc(OC)cc(-c2cc(NC(=O)CC(=O)C(F)(F)F)[nH]n2)c1. The fourth-order valence-electron chi connectivity index (χ4n) is 1.93. The molecule has 134 valence electrons. The largest absolute Gasteiger partial charge is 0.497 e. The van der Waals surface area contributed by atoms with Crippen LogP contribution in [0.4, 0.5) is 19.0 Å². The smallest absolute Gasteiger partial charge is 0.450 e. The third-order valence-corrected chi connectivity index (χ3v) is 3.14. The molecule has 1 aromatic carbocycles. The zero-order valence-corrected chi connectivity index (χ0v) is 13.2. The van der Waals surface area contributed by atoms with E-state index in [0.29, 0.717) is 22.8 Å². The first kappa shape index (κ1) is 18.3. The lowest BCUT2D eigenvalue weighted by Gasteiger charge is -2.06. The Labute approximate surface area is 140 Å². The lowest BCUT2D eigenvalue weighted by Crippen LogP contribution is -2.27. The molecule has 0 bridgehead atoms. The van der Waals surface area contributed by atoms with Crippen molar-refractivity contribution in [3.05, 3.63) is 24.3 Å². The van der Waals surface area contributed by atoms with Crippen LogP contribution >= 0.6 is 0 Å². The first-order valence-corrected chi connectivity index (χ1v) is 6.91. The number of ether oxygens (including phenoxy) is 2. The lowest BCUT2D eigenvalue weighted by molar-refractivity contribution is -0.171. The number of amides is 1. The average molecular weight is 357 g/mol. The van der Waals surface area contributed by atoms with Crippen molar-refractivity contribution < 1.29 is 32.2 Å². The number of carbonyl (C=O) groups excluding carboxylic acids is 2. The molecule has 0 spiro atoms. The summed E-state index contributed by atoms with van der Waals surface area (Å²) in [6, 6.07) is 6.39. The van der Waals surface area contributed by atoms with Crippen LogP contribution in [0, 0.1) is 0 Å². The molecule has 0 unspecified atom stereocenters. The molecule has 1 aromatic heterocycles. The average Bonchev–Trinajstić information content (AvgIpc) is 3.01. The molecule has 0 saturated heterocycles. The summed E-state index contributed by atoms with van der Waals surface area (Å²) in [5.41, 5.74) is 0.994. The maximum absolute atomic E-state index is 12.1. The second kappa shape index (κ2) is 7.24. The summed E-state index contributed by atoms with van der Waals surface area (Å²) in [5.74, 6) is -2.14. The monoisotopic (exact) mass is 357 g/mol. The fraction of sp³-hybridized carbons (Fsp3) is 0.267. The van der Waals surface area contributed by atoms with Crippen LogP contribution in [0.2, 0.25) is 0 Å². The summed E-state index contributed by atoms with van der Waals surface area (Å²) in [7, 11) is 2.96. The summed E-state index contributed by atoms with van der Waals surface area (Å²) in [6.45, 7) is 0. The number of alkyl halides is 3. The number of aromatic nitrogens is 2. The van der Waals surface area contributed by atoms with Gasteiger partial charge in [0.25, 0.3) is 0 Å². The van der Waals surface area contributed by atoms with Crippen molar-refractivity contribution in [2.24, 2.45) is 0 Å². The number of methoxy groups -OCH3 is 2. The van der Waals surface area contributed by atoms with E-state index in [1.165, 1.54) is 20.3 Å². The van der Waals surface area contributed by atoms with Gasteiger partial charge in [0.05, 0.1) is 26.3 Å². The summed E-state index contributed by atoms with van der Waals surface area (Å²) in [6.07, 6.45) is -6.35. The first-order valence-electron chi connectivity index (χ1n) is 6.91. The number of ketones is 1. The maximum atomic E-state index is 12.1. The molecule has 2 aromatic rings. The van der Waals surface area contributed by atoms with Crippen molar-refractivity contribution in [3.8, 4) is 22.8 Å². The van der Waals surface area contributed by atoms with Crippen molar-refractivity contribution in [2.75, 3.05) is 19.5 Å². The van der Waals surface area contributed by atoms with Crippen LogP contribution in [0.1, 0.15) is 6.42 Å². The number of aromatic amines is 1. The molecule has 7 nitrogen and oxygen atoms in total. The topological polar surface area (TPSA) is 93.3 Å². The van der Waals surface area contributed by atoms with E-state index in [0.717, 1.165) is 0 Å². The van der Waals surface area contributed by atoms with E-state index in [9.17, 15) is 22.8 Å². The molecule has 0 aliphatic rings. The van der Waals surface area contributed by atoms with Gasteiger partial charge in [0, 0.05) is 17.7 Å². The van der Waals surface area contributed by atoms with Crippen LogP contribution in [0.15, 0.2) is 24.3 Å². The number of H-pyrrole nitrogens is 1. The predicted molar refractivity (Wildman–Crippen MR) is 81.4 cm³/mol. The Balaban J connectivity index is 2.12. The molecule has 10 heteroatoms. The number of rotatable bonds is 6. The summed E-state index contributed by atoms with van der Waals surface area (Å²) < 4.78 is 46.7. The molecular formula is C15H14F3N3O4. The second-order valence-electron chi connectivity index (χ2n) is 4.91. The number of nitrogens with zero attached hydrogens (tertiary/aromatic N) is 1. The minimum atomic E-state index is -5.05. The predicted octanol–water partition coefficient (Wildman–Crippen LogP) is 2.55. The van der Waals surface area contributed by atoms with Crippen molar-refractivity contribution in [3.63, 3.8) is 0 Å². The molecule has 0 fully saturated rings. The molecule has 25 heavy (non-hydrogen) atoms. The van der Waals surface area contributed by atoms with E-state index >= 15 is 0 Å². The summed E-state index contributed by atoms with van der Waals surface area (Å²) in [5, 5.41) is 8.58. The molecule has 1 heterocycles. The van der Waals surface area contributed by atoms with Gasteiger partial charge in [0.1, 0.15) is 17.3 Å². The molecule has 0 radical (unpaired) electrons. The van der Waals surface area contributed by atoms with Crippen molar-refractivity contribution in [1.29, 1.82) is 0 Å². The van der Waals surface area contributed by atoms with Gasteiger partial charge in [-0.15, -0.1) is 0 Å². The molecule has 1 amide bonds. The Morgan fingerprint density at radius 2 is 1.72 bits per heavy atom. The number of nitrogens with one attached hydrogen (secondary N) is 2. The highest BCUT2D eigenvalue weighted by Gasteiger charge is 2.39. The normalized spacial score (nSPS) is 11.1. The number of halogens is 3. The van der Waals surface area contributed by atoms with E-state index < -0.39 is 24.3 Å². The fourth-order valence-corrected chi connectivity index (χ4v) is 1.93. The minimum absolute atomic E-state index is 0.0526. The highest BCUT2D eigenvalue weighted by atomic mass is 19.4. The van der Waals surface area contributed by atoms with Gasteiger partial charge in [-0.1, -0.05) is 0 Å². The molecule has 0 aliphatic heterocycles. The molecule has 0 atom stereocenters. The number of hydrogen-bond acceptors (Lipinski definition) is 5. The van der Waals surface area contributed by atoms with Gasteiger partial charge in [0.15, 0.2) is 0 Å². The van der Waals surface area contributed by atoms with Crippen LogP contribution in [-0.4, -0.2) is 42.3 Å². The zero-order valence-electron chi connectivity index (χ0n) is 13.2. The molecular weight excluding hydrogens is 343 g/mol. The number of hydrogen-bond donors (Lipinski definition) is 2. The van der Waals surface area contributed by atoms with Crippen molar-refractivity contribution in [2.45, 2.75) is 12.6 Å². The summed E-state index contributed by atoms with van der Waals surface area (Å²) in [4.78, 5) is 22.3. The third-order valence-electron chi connectivity index (χ3n) is 3.14. The lowest BCUT2D eigenvalue weighted by atomic mass is 10.1. The van der Waals surface area contributed by atoms with Gasteiger partial charge >= 0.3 is 6.18 Å². The van der Waals surface area contributed by atoms with Crippen LogP contribution in [0.5, 0.6) is 11.5 Å². The summed E-state index contributed by atoms with van der Waals surface area (Å²) >= 11 is 0. The first-order chi connectivity index (χ1) is 11.7. The maximum Gasteiger partial charge on any atom is 0.450 e. The van der Waals surface area contributed by atoms with E-state index in [1.807, 2.05) is 0 Å². The Kier molecular flexibility index (Phi) is 5.30. The molecule has 0 aliphatic carbocycles. The number of Topliss-reactive ketones (excluding diaryl/α,β-unsaturated/α-hetero) is 1. The van der Waals surface area contributed by atoms with Gasteiger partial charge in [-0.2, -0.15) is 18.3 Å². The number of benzene rings is 1. The van der Waals surface area contributed by atoms with E-state index in [4.69, 9.17) is 9.47 Å². The molecule has 2 rings (SSSR count). The number of anilines is 1. The Hall–Kier alpha value is -3.04. The van der Waals surface area contributed by atoms with E-state index in [2.05, 4.69) is 15.5 Å². The second-order valence-corrected chi connectivity index (χ2v) is 4.91. The quantitative estimate of drug-likeness (QED) is 0.775.